The summed E-state index contributed by atoms with van der Waals surface area (Å²) in [5.74, 6) is 1.39. The van der Waals surface area contributed by atoms with E-state index in [4.69, 9.17) is 16.8 Å². The highest BCUT2D eigenvalue weighted by molar-refractivity contribution is 5.96. The fraction of sp³-hybridized carbons (Fsp3) is 0.250. The lowest BCUT2D eigenvalue weighted by Crippen LogP contribution is -2.24. The molecule has 4 nitrogen and oxygen atoms in total. The normalized spacial score (nSPS) is 10.4. The van der Waals surface area contributed by atoms with Gasteiger partial charge >= 0.3 is 5.97 Å². The number of nitriles is 1. The van der Waals surface area contributed by atoms with Gasteiger partial charge in [0.25, 0.3) is 0 Å². The molecule has 0 bridgehead atoms. The van der Waals surface area contributed by atoms with E-state index in [-0.39, 0.29) is 5.57 Å². The van der Waals surface area contributed by atoms with Crippen molar-refractivity contribution in [2.24, 2.45) is 0 Å². The van der Waals surface area contributed by atoms with Crippen molar-refractivity contribution in [2.45, 2.75) is 13.3 Å². The second kappa shape index (κ2) is 7.66. The standard InChI is InChI=1S/C16H16N2O2/c1-3-9-18(10-4-2)15-7-5-13(6-8-15)11-14(12-17)16(19)20/h1,5-8,11H,4,9-10H2,2H3,(H,19,20)/b14-11+. The first-order chi connectivity index (χ1) is 9.62. The summed E-state index contributed by atoms with van der Waals surface area (Å²) in [6.45, 7) is 3.46. The lowest BCUT2D eigenvalue weighted by Gasteiger charge is -2.21. The average molecular weight is 268 g/mol. The number of benzene rings is 1. The highest BCUT2D eigenvalue weighted by atomic mass is 16.4. The van der Waals surface area contributed by atoms with E-state index >= 15 is 0 Å². The Balaban J connectivity index is 2.96. The van der Waals surface area contributed by atoms with Crippen LogP contribution in [0.3, 0.4) is 0 Å². The Morgan fingerprint density at radius 2 is 2.10 bits per heavy atom. The number of carbonyl (C=O) groups is 1. The van der Waals surface area contributed by atoms with Crippen molar-refractivity contribution < 1.29 is 9.90 Å². The zero-order valence-corrected chi connectivity index (χ0v) is 11.3. The van der Waals surface area contributed by atoms with Crippen molar-refractivity contribution in [1.29, 1.82) is 5.26 Å². The summed E-state index contributed by atoms with van der Waals surface area (Å²) >= 11 is 0. The number of carboxylic acid groups (broad SMARTS) is 1. The van der Waals surface area contributed by atoms with Crippen LogP contribution in [0.4, 0.5) is 5.69 Å². The minimum absolute atomic E-state index is 0.285. The summed E-state index contributed by atoms with van der Waals surface area (Å²) < 4.78 is 0. The molecule has 0 atom stereocenters. The molecule has 4 heteroatoms. The van der Waals surface area contributed by atoms with Crippen molar-refractivity contribution in [2.75, 3.05) is 18.0 Å². The van der Waals surface area contributed by atoms with Crippen LogP contribution in [-0.2, 0) is 4.79 Å². The summed E-state index contributed by atoms with van der Waals surface area (Å²) in [6, 6.07) is 8.94. The molecule has 20 heavy (non-hydrogen) atoms. The van der Waals surface area contributed by atoms with E-state index in [0.29, 0.717) is 12.1 Å². The van der Waals surface area contributed by atoms with Crippen LogP contribution in [0.25, 0.3) is 6.08 Å². The van der Waals surface area contributed by atoms with Crippen LogP contribution >= 0.6 is 0 Å². The van der Waals surface area contributed by atoms with E-state index in [2.05, 4.69) is 17.7 Å². The minimum Gasteiger partial charge on any atom is -0.477 e. The van der Waals surface area contributed by atoms with Gasteiger partial charge in [-0.25, -0.2) is 4.79 Å². The molecule has 1 aromatic carbocycles. The van der Waals surface area contributed by atoms with Crippen LogP contribution in [0, 0.1) is 23.7 Å². The molecule has 1 N–H and O–H groups in total. The van der Waals surface area contributed by atoms with Crippen molar-refractivity contribution in [1.82, 2.24) is 0 Å². The van der Waals surface area contributed by atoms with Crippen molar-refractivity contribution in [3.05, 3.63) is 35.4 Å². The fourth-order valence-electron chi connectivity index (χ4n) is 1.77. The number of rotatable bonds is 6. The molecule has 0 unspecified atom stereocenters. The Kier molecular flexibility index (Phi) is 5.87. The van der Waals surface area contributed by atoms with Crippen LogP contribution in [0.5, 0.6) is 0 Å². The van der Waals surface area contributed by atoms with Crippen molar-refractivity contribution >= 4 is 17.7 Å². The molecule has 0 spiro atoms. The van der Waals surface area contributed by atoms with E-state index in [1.807, 2.05) is 12.1 Å². The molecule has 0 radical (unpaired) electrons. The molecule has 0 aliphatic heterocycles. The quantitative estimate of drug-likeness (QED) is 0.489. The van der Waals surface area contributed by atoms with Gasteiger partial charge in [-0.2, -0.15) is 5.26 Å². The molecule has 0 aromatic heterocycles. The summed E-state index contributed by atoms with van der Waals surface area (Å²) in [5, 5.41) is 17.5. The smallest absolute Gasteiger partial charge is 0.346 e. The van der Waals surface area contributed by atoms with E-state index < -0.39 is 5.97 Å². The van der Waals surface area contributed by atoms with Gasteiger partial charge in [-0.3, -0.25) is 0 Å². The second-order valence-corrected chi connectivity index (χ2v) is 4.19. The van der Waals surface area contributed by atoms with Gasteiger partial charge in [0.1, 0.15) is 11.6 Å². The number of hydrogen-bond acceptors (Lipinski definition) is 3. The van der Waals surface area contributed by atoms with Gasteiger partial charge in [-0.1, -0.05) is 25.0 Å². The summed E-state index contributed by atoms with van der Waals surface area (Å²) in [7, 11) is 0. The SMILES string of the molecule is C#CCN(CCC)c1ccc(/C=C(\C#N)C(=O)O)cc1. The Hall–Kier alpha value is -2.72. The topological polar surface area (TPSA) is 64.3 Å². The minimum atomic E-state index is -1.23. The average Bonchev–Trinajstić information content (AvgIpc) is 2.45. The Morgan fingerprint density at radius 1 is 1.45 bits per heavy atom. The maximum atomic E-state index is 10.8. The van der Waals surface area contributed by atoms with Crippen LogP contribution < -0.4 is 4.90 Å². The molecule has 0 aliphatic rings. The van der Waals surface area contributed by atoms with Gasteiger partial charge in [-0.15, -0.1) is 6.42 Å². The number of nitrogens with zero attached hydrogens (tertiary/aromatic N) is 2. The Bertz CT molecular complexity index is 574. The zero-order valence-electron chi connectivity index (χ0n) is 11.3. The Labute approximate surface area is 118 Å². The third-order valence-corrected chi connectivity index (χ3v) is 2.70. The molecule has 102 valence electrons. The fourth-order valence-corrected chi connectivity index (χ4v) is 1.77. The van der Waals surface area contributed by atoms with Crippen LogP contribution in [0.15, 0.2) is 29.8 Å². The van der Waals surface area contributed by atoms with E-state index in [9.17, 15) is 4.79 Å². The van der Waals surface area contributed by atoms with Gasteiger partial charge in [-0.05, 0) is 30.2 Å². The molecular formula is C16H16N2O2. The van der Waals surface area contributed by atoms with E-state index in [1.54, 1.807) is 18.2 Å². The number of anilines is 1. The third-order valence-electron chi connectivity index (χ3n) is 2.70. The van der Waals surface area contributed by atoms with Crippen molar-refractivity contribution in [3.8, 4) is 18.4 Å². The zero-order chi connectivity index (χ0) is 15.0. The van der Waals surface area contributed by atoms with Gasteiger partial charge < -0.3 is 10.0 Å². The molecule has 0 heterocycles. The molecule has 1 rings (SSSR count). The predicted octanol–water partition coefficient (Wildman–Crippen LogP) is 2.53. The first-order valence-electron chi connectivity index (χ1n) is 6.26. The molecule has 0 aliphatic carbocycles. The number of aliphatic carboxylic acids is 1. The molecule has 0 fully saturated rings. The largest absolute Gasteiger partial charge is 0.477 e. The lowest BCUT2D eigenvalue weighted by atomic mass is 10.1. The summed E-state index contributed by atoms with van der Waals surface area (Å²) in [6.07, 6.45) is 7.67. The first kappa shape index (κ1) is 15.3. The summed E-state index contributed by atoms with van der Waals surface area (Å²) in [4.78, 5) is 12.8. The van der Waals surface area contributed by atoms with E-state index in [1.165, 1.54) is 6.08 Å². The highest BCUT2D eigenvalue weighted by Crippen LogP contribution is 2.17. The molecule has 0 saturated carbocycles. The lowest BCUT2D eigenvalue weighted by molar-refractivity contribution is -0.132. The van der Waals surface area contributed by atoms with E-state index in [0.717, 1.165) is 18.7 Å². The molecular weight excluding hydrogens is 252 g/mol. The van der Waals surface area contributed by atoms with Crippen LogP contribution in [0.1, 0.15) is 18.9 Å². The second-order valence-electron chi connectivity index (χ2n) is 4.19. The van der Waals surface area contributed by atoms with Gasteiger partial charge in [0.15, 0.2) is 0 Å². The molecule has 0 saturated heterocycles. The molecule has 0 amide bonds. The highest BCUT2D eigenvalue weighted by Gasteiger charge is 2.07. The monoisotopic (exact) mass is 268 g/mol. The third kappa shape index (κ3) is 4.19. The summed E-state index contributed by atoms with van der Waals surface area (Å²) in [5.41, 5.74) is 1.37. The van der Waals surface area contributed by atoms with Crippen molar-refractivity contribution in [3.63, 3.8) is 0 Å². The Morgan fingerprint density at radius 3 is 2.55 bits per heavy atom. The number of terminal acetylenes is 1. The maximum absolute atomic E-state index is 10.8. The van der Waals surface area contributed by atoms with Gasteiger partial charge in [0.05, 0.1) is 6.54 Å². The van der Waals surface area contributed by atoms with Gasteiger partial charge in [0, 0.05) is 12.2 Å². The molecule has 1 aromatic rings. The number of carboxylic acids is 1. The predicted molar refractivity (Wildman–Crippen MR) is 79.0 cm³/mol. The maximum Gasteiger partial charge on any atom is 0.346 e. The number of hydrogen-bond donors (Lipinski definition) is 1. The van der Waals surface area contributed by atoms with Crippen LogP contribution in [0.2, 0.25) is 0 Å². The van der Waals surface area contributed by atoms with Crippen LogP contribution in [-0.4, -0.2) is 24.2 Å². The van der Waals surface area contributed by atoms with Gasteiger partial charge in [0.2, 0.25) is 0 Å². The first-order valence-corrected chi connectivity index (χ1v) is 6.26.